The fourth-order valence-electron chi connectivity index (χ4n) is 2.46. The first-order chi connectivity index (χ1) is 9.58. The lowest BCUT2D eigenvalue weighted by Crippen LogP contribution is -2.38. The number of carboxylic acid groups (broad SMARTS) is 1. The van der Waals surface area contributed by atoms with E-state index in [1.54, 1.807) is 25.3 Å². The van der Waals surface area contributed by atoms with Gasteiger partial charge in [0.1, 0.15) is 0 Å². The van der Waals surface area contributed by atoms with Crippen LogP contribution in [0.25, 0.3) is 0 Å². The molecule has 1 aliphatic carbocycles. The number of benzene rings is 1. The average Bonchev–Trinajstić information content (AvgIpc) is 2.41. The molecule has 1 saturated carbocycles. The summed E-state index contributed by atoms with van der Waals surface area (Å²) in [5.74, 6) is 1.30. The van der Waals surface area contributed by atoms with Gasteiger partial charge in [0.15, 0.2) is 11.5 Å². The average molecular weight is 280 g/mol. The molecule has 0 heterocycles. The molecule has 20 heavy (non-hydrogen) atoms. The van der Waals surface area contributed by atoms with Gasteiger partial charge in [-0.2, -0.15) is 0 Å². The maximum Gasteiger partial charge on any atom is 0.404 e. The number of carbonyl (C=O) groups is 1. The number of rotatable bonds is 4. The van der Waals surface area contributed by atoms with Crippen LogP contribution in [0.5, 0.6) is 11.5 Å². The summed E-state index contributed by atoms with van der Waals surface area (Å²) in [6.07, 6.45) is 2.28. The minimum absolute atomic E-state index is 0.0232. The van der Waals surface area contributed by atoms with Gasteiger partial charge in [0.05, 0.1) is 13.2 Å². The van der Waals surface area contributed by atoms with Crippen LogP contribution in [0.15, 0.2) is 18.2 Å². The van der Waals surface area contributed by atoms with E-state index in [1.807, 2.05) is 0 Å². The number of hydrogen-bond donors (Lipinski definition) is 3. The Morgan fingerprint density at radius 1 is 1.30 bits per heavy atom. The van der Waals surface area contributed by atoms with Crippen molar-refractivity contribution in [2.45, 2.75) is 37.8 Å². The molecule has 2 rings (SSSR count). The molecule has 0 aliphatic heterocycles. The van der Waals surface area contributed by atoms with Crippen LogP contribution < -0.4 is 20.5 Å². The van der Waals surface area contributed by atoms with E-state index in [0.717, 1.165) is 25.7 Å². The monoisotopic (exact) mass is 280 g/mol. The third-order valence-electron chi connectivity index (χ3n) is 3.48. The topological polar surface area (TPSA) is 93.8 Å². The van der Waals surface area contributed by atoms with Crippen molar-refractivity contribution in [1.82, 2.24) is 5.32 Å². The fraction of sp³-hybridized carbons (Fsp3) is 0.500. The van der Waals surface area contributed by atoms with Gasteiger partial charge in [-0.05, 0) is 37.8 Å². The van der Waals surface area contributed by atoms with E-state index in [4.69, 9.17) is 20.3 Å². The van der Waals surface area contributed by atoms with E-state index < -0.39 is 6.09 Å². The van der Waals surface area contributed by atoms with E-state index in [-0.39, 0.29) is 12.1 Å². The first kappa shape index (κ1) is 14.3. The second-order valence-electron chi connectivity index (χ2n) is 4.95. The highest BCUT2D eigenvalue weighted by atomic mass is 16.5. The first-order valence-corrected chi connectivity index (χ1v) is 6.68. The molecule has 110 valence electrons. The SMILES string of the molecule is COc1ccc(N)cc1O[C@H]1CC[C@H](NC(=O)O)CC1. The Bertz CT molecular complexity index is 470. The third kappa shape index (κ3) is 3.69. The van der Waals surface area contributed by atoms with Gasteiger partial charge in [0.25, 0.3) is 0 Å². The molecule has 0 unspecified atom stereocenters. The van der Waals surface area contributed by atoms with Crippen LogP contribution in [-0.4, -0.2) is 30.5 Å². The molecule has 0 aromatic heterocycles. The lowest BCUT2D eigenvalue weighted by Gasteiger charge is -2.29. The molecule has 1 aromatic carbocycles. The predicted octanol–water partition coefficient (Wildman–Crippen LogP) is 2.24. The van der Waals surface area contributed by atoms with Gasteiger partial charge in [-0.1, -0.05) is 0 Å². The van der Waals surface area contributed by atoms with E-state index in [9.17, 15) is 4.79 Å². The summed E-state index contributed by atoms with van der Waals surface area (Å²) in [4.78, 5) is 10.6. The van der Waals surface area contributed by atoms with Crippen molar-refractivity contribution >= 4 is 11.8 Å². The van der Waals surface area contributed by atoms with E-state index in [2.05, 4.69) is 5.32 Å². The second kappa shape index (κ2) is 6.36. The molecule has 6 heteroatoms. The largest absolute Gasteiger partial charge is 0.493 e. The maximum atomic E-state index is 10.6. The van der Waals surface area contributed by atoms with Crippen LogP contribution in [0.1, 0.15) is 25.7 Å². The number of anilines is 1. The highest BCUT2D eigenvalue weighted by Crippen LogP contribution is 2.32. The number of methoxy groups -OCH3 is 1. The molecular formula is C14H20N2O4. The molecule has 0 bridgehead atoms. The van der Waals surface area contributed by atoms with Gasteiger partial charge >= 0.3 is 6.09 Å². The van der Waals surface area contributed by atoms with Crippen LogP contribution in [0.2, 0.25) is 0 Å². The maximum absolute atomic E-state index is 10.6. The molecule has 0 spiro atoms. The van der Waals surface area contributed by atoms with Crippen LogP contribution in [-0.2, 0) is 0 Å². The predicted molar refractivity (Wildman–Crippen MR) is 75.2 cm³/mol. The van der Waals surface area contributed by atoms with E-state index in [0.29, 0.717) is 17.2 Å². The molecule has 6 nitrogen and oxygen atoms in total. The Morgan fingerprint density at radius 2 is 2.00 bits per heavy atom. The number of nitrogens with two attached hydrogens (primary N) is 1. The Labute approximate surface area is 117 Å². The molecule has 4 N–H and O–H groups in total. The summed E-state index contributed by atoms with van der Waals surface area (Å²) >= 11 is 0. The summed E-state index contributed by atoms with van der Waals surface area (Å²) in [6.45, 7) is 0. The molecular weight excluding hydrogens is 260 g/mol. The van der Waals surface area contributed by atoms with Gasteiger partial charge < -0.3 is 25.6 Å². The molecule has 1 aromatic rings. The highest BCUT2D eigenvalue weighted by molar-refractivity contribution is 5.64. The van der Waals surface area contributed by atoms with Gasteiger partial charge in [-0.25, -0.2) is 4.79 Å². The zero-order valence-electron chi connectivity index (χ0n) is 11.5. The Morgan fingerprint density at radius 3 is 2.60 bits per heavy atom. The van der Waals surface area contributed by atoms with Crippen molar-refractivity contribution in [1.29, 1.82) is 0 Å². The van der Waals surface area contributed by atoms with Crippen molar-refractivity contribution in [2.24, 2.45) is 0 Å². The molecule has 0 radical (unpaired) electrons. The summed E-state index contributed by atoms with van der Waals surface area (Å²) in [5, 5.41) is 11.2. The van der Waals surface area contributed by atoms with E-state index >= 15 is 0 Å². The summed E-state index contributed by atoms with van der Waals surface area (Å²) in [5.41, 5.74) is 6.38. The van der Waals surface area contributed by atoms with Crippen molar-refractivity contribution in [3.8, 4) is 11.5 Å². The molecule has 1 fully saturated rings. The summed E-state index contributed by atoms with van der Waals surface area (Å²) in [7, 11) is 1.59. The third-order valence-corrected chi connectivity index (χ3v) is 3.48. The van der Waals surface area contributed by atoms with Crippen molar-refractivity contribution in [3.05, 3.63) is 18.2 Å². The number of nitrogen functional groups attached to an aromatic ring is 1. The number of amides is 1. The van der Waals surface area contributed by atoms with Gasteiger partial charge in [-0.15, -0.1) is 0 Å². The lowest BCUT2D eigenvalue weighted by atomic mass is 9.93. The Hall–Kier alpha value is -2.11. The Balaban J connectivity index is 1.92. The van der Waals surface area contributed by atoms with E-state index in [1.165, 1.54) is 0 Å². The van der Waals surface area contributed by atoms with Crippen molar-refractivity contribution in [2.75, 3.05) is 12.8 Å². The number of nitrogens with one attached hydrogen (secondary N) is 1. The standard InChI is InChI=1S/C14H20N2O4/c1-19-12-7-2-9(15)8-13(12)20-11-5-3-10(4-6-11)16-14(17)18/h2,7-8,10-11,16H,3-6,15H2,1H3,(H,17,18)/t10-,11-. The lowest BCUT2D eigenvalue weighted by molar-refractivity contribution is 0.131. The molecule has 0 atom stereocenters. The zero-order chi connectivity index (χ0) is 14.5. The highest BCUT2D eigenvalue weighted by Gasteiger charge is 2.24. The second-order valence-corrected chi connectivity index (χ2v) is 4.95. The normalized spacial score (nSPS) is 22.1. The minimum atomic E-state index is -0.966. The van der Waals surface area contributed by atoms with Gasteiger partial charge in [0, 0.05) is 17.8 Å². The number of hydrogen-bond acceptors (Lipinski definition) is 4. The number of ether oxygens (including phenoxy) is 2. The summed E-state index contributed by atoms with van der Waals surface area (Å²) in [6, 6.07) is 5.32. The first-order valence-electron chi connectivity index (χ1n) is 6.68. The minimum Gasteiger partial charge on any atom is -0.493 e. The van der Waals surface area contributed by atoms with Gasteiger partial charge in [0.2, 0.25) is 0 Å². The van der Waals surface area contributed by atoms with Crippen LogP contribution in [0, 0.1) is 0 Å². The smallest absolute Gasteiger partial charge is 0.404 e. The molecule has 1 aliphatic rings. The zero-order valence-corrected chi connectivity index (χ0v) is 11.5. The van der Waals surface area contributed by atoms with Crippen molar-refractivity contribution < 1.29 is 19.4 Å². The molecule has 1 amide bonds. The van der Waals surface area contributed by atoms with Crippen molar-refractivity contribution in [3.63, 3.8) is 0 Å². The molecule has 0 saturated heterocycles. The Kier molecular flexibility index (Phi) is 4.55. The fourth-order valence-corrected chi connectivity index (χ4v) is 2.46. The van der Waals surface area contributed by atoms with Crippen LogP contribution in [0.4, 0.5) is 10.5 Å². The quantitative estimate of drug-likeness (QED) is 0.735. The van der Waals surface area contributed by atoms with Gasteiger partial charge in [-0.3, -0.25) is 0 Å². The van der Waals surface area contributed by atoms with Crippen LogP contribution in [0.3, 0.4) is 0 Å². The van der Waals surface area contributed by atoms with Crippen LogP contribution >= 0.6 is 0 Å². The summed E-state index contributed by atoms with van der Waals surface area (Å²) < 4.78 is 11.2.